The summed E-state index contributed by atoms with van der Waals surface area (Å²) in [6.07, 6.45) is 1.96. The third-order valence-corrected chi connectivity index (χ3v) is 4.52. The molecule has 0 spiro atoms. The molecule has 0 heterocycles. The molecule has 0 aromatic heterocycles. The number of carbonyl (C=O) groups excluding carboxylic acids is 2. The van der Waals surface area contributed by atoms with Crippen LogP contribution in [0.1, 0.15) is 24.0 Å². The minimum absolute atomic E-state index is 0.132. The van der Waals surface area contributed by atoms with E-state index in [1.165, 1.54) is 5.56 Å². The van der Waals surface area contributed by atoms with E-state index in [-0.39, 0.29) is 12.3 Å². The second-order valence-electron chi connectivity index (χ2n) is 6.28. The SMILES string of the molecule is NC(=O)CCN(CCc1ccccc1)C(=S)NC(=O)CCc1ccccc1. The second-order valence-corrected chi connectivity index (χ2v) is 6.66. The molecule has 0 radical (unpaired) electrons. The summed E-state index contributed by atoms with van der Waals surface area (Å²) in [6.45, 7) is 0.995. The van der Waals surface area contributed by atoms with E-state index in [1.54, 1.807) is 0 Å². The number of primary amides is 1. The number of thiocarbonyl (C=S) groups is 1. The molecule has 0 bridgehead atoms. The number of benzene rings is 2. The van der Waals surface area contributed by atoms with Crippen LogP contribution in [0.5, 0.6) is 0 Å². The number of nitrogens with one attached hydrogen (secondary N) is 1. The van der Waals surface area contributed by atoms with E-state index in [4.69, 9.17) is 18.0 Å². The number of rotatable bonds is 9. The minimum Gasteiger partial charge on any atom is -0.370 e. The maximum absolute atomic E-state index is 12.2. The van der Waals surface area contributed by atoms with Gasteiger partial charge in [0.25, 0.3) is 0 Å². The Hall–Kier alpha value is -2.73. The third-order valence-electron chi connectivity index (χ3n) is 4.16. The molecule has 27 heavy (non-hydrogen) atoms. The van der Waals surface area contributed by atoms with Gasteiger partial charge in [0.2, 0.25) is 11.8 Å². The number of nitrogens with zero attached hydrogens (tertiary/aromatic N) is 1. The molecule has 0 saturated carbocycles. The summed E-state index contributed by atoms with van der Waals surface area (Å²) in [4.78, 5) is 25.2. The lowest BCUT2D eigenvalue weighted by Gasteiger charge is -2.25. The van der Waals surface area contributed by atoms with Crippen molar-refractivity contribution in [3.05, 3.63) is 71.8 Å². The Labute approximate surface area is 165 Å². The minimum atomic E-state index is -0.391. The van der Waals surface area contributed by atoms with Crippen LogP contribution >= 0.6 is 12.2 Å². The van der Waals surface area contributed by atoms with Crippen LogP contribution in [-0.2, 0) is 22.4 Å². The van der Waals surface area contributed by atoms with Crippen LogP contribution < -0.4 is 11.1 Å². The van der Waals surface area contributed by atoms with Gasteiger partial charge in [0.05, 0.1) is 0 Å². The van der Waals surface area contributed by atoms with E-state index in [9.17, 15) is 9.59 Å². The molecule has 0 aliphatic heterocycles. The monoisotopic (exact) mass is 383 g/mol. The van der Waals surface area contributed by atoms with Crippen LogP contribution in [0.4, 0.5) is 0 Å². The summed E-state index contributed by atoms with van der Waals surface area (Å²) in [5.41, 5.74) is 7.54. The van der Waals surface area contributed by atoms with Crippen LogP contribution in [0.3, 0.4) is 0 Å². The highest BCUT2D eigenvalue weighted by Crippen LogP contribution is 2.05. The Morgan fingerprint density at radius 1 is 0.852 bits per heavy atom. The van der Waals surface area contributed by atoms with E-state index < -0.39 is 5.91 Å². The Bertz CT molecular complexity index is 751. The Balaban J connectivity index is 1.87. The number of hydrogen-bond acceptors (Lipinski definition) is 3. The summed E-state index contributed by atoms with van der Waals surface area (Å²) in [5.74, 6) is -0.523. The summed E-state index contributed by atoms with van der Waals surface area (Å²) in [5, 5.41) is 3.11. The quantitative estimate of drug-likeness (QED) is 0.652. The molecule has 0 atom stereocenters. The Morgan fingerprint density at radius 2 is 1.41 bits per heavy atom. The van der Waals surface area contributed by atoms with Crippen LogP contribution in [0.2, 0.25) is 0 Å². The zero-order valence-electron chi connectivity index (χ0n) is 15.3. The van der Waals surface area contributed by atoms with Gasteiger partial charge in [0.1, 0.15) is 0 Å². The average molecular weight is 384 g/mol. The number of carbonyl (C=O) groups is 2. The third kappa shape index (κ3) is 8.00. The summed E-state index contributed by atoms with van der Waals surface area (Å²) < 4.78 is 0. The fraction of sp³-hybridized carbons (Fsp3) is 0.286. The standard InChI is InChI=1S/C21H25N3O2S/c22-19(25)14-16-24(15-13-18-9-5-2-6-10-18)21(27)23-20(26)12-11-17-7-3-1-4-8-17/h1-10H,11-16H2,(H2,22,25)(H,23,26,27). The van der Waals surface area contributed by atoms with E-state index in [0.717, 1.165) is 12.0 Å². The zero-order valence-corrected chi connectivity index (χ0v) is 16.1. The largest absolute Gasteiger partial charge is 0.370 e. The fourth-order valence-corrected chi connectivity index (χ4v) is 2.93. The number of amides is 2. The summed E-state index contributed by atoms with van der Waals surface area (Å²) >= 11 is 5.39. The fourth-order valence-electron chi connectivity index (χ4n) is 2.63. The molecule has 2 amide bonds. The Morgan fingerprint density at radius 3 is 1.96 bits per heavy atom. The molecular formula is C21H25N3O2S. The van der Waals surface area contributed by atoms with Gasteiger partial charge in [-0.1, -0.05) is 60.7 Å². The molecule has 6 heteroatoms. The molecule has 0 unspecified atom stereocenters. The van der Waals surface area contributed by atoms with Crippen molar-refractivity contribution in [3.63, 3.8) is 0 Å². The van der Waals surface area contributed by atoms with E-state index in [2.05, 4.69) is 5.32 Å². The first-order valence-corrected chi connectivity index (χ1v) is 9.40. The van der Waals surface area contributed by atoms with Gasteiger partial charge in [-0.3, -0.25) is 9.59 Å². The van der Waals surface area contributed by atoms with Crippen molar-refractivity contribution < 1.29 is 9.59 Å². The molecule has 0 saturated heterocycles. The van der Waals surface area contributed by atoms with Gasteiger partial charge in [-0.15, -0.1) is 0 Å². The van der Waals surface area contributed by atoms with E-state index in [0.29, 0.717) is 31.0 Å². The topological polar surface area (TPSA) is 75.4 Å². The molecule has 2 rings (SSSR count). The van der Waals surface area contributed by atoms with Gasteiger partial charge in [0, 0.05) is 25.9 Å². The second kappa shape index (κ2) is 11.1. The lowest BCUT2D eigenvalue weighted by atomic mass is 10.1. The zero-order chi connectivity index (χ0) is 19.5. The van der Waals surface area contributed by atoms with Gasteiger partial charge in [-0.05, 0) is 36.2 Å². The van der Waals surface area contributed by atoms with Crippen molar-refractivity contribution in [2.45, 2.75) is 25.7 Å². The molecule has 142 valence electrons. The van der Waals surface area contributed by atoms with Gasteiger partial charge in [0.15, 0.2) is 5.11 Å². The maximum atomic E-state index is 12.2. The highest BCUT2D eigenvalue weighted by atomic mass is 32.1. The molecule has 2 aromatic rings. The maximum Gasteiger partial charge on any atom is 0.226 e. The van der Waals surface area contributed by atoms with Crippen LogP contribution in [0.15, 0.2) is 60.7 Å². The van der Waals surface area contributed by atoms with Crippen molar-refractivity contribution in [2.75, 3.05) is 13.1 Å². The van der Waals surface area contributed by atoms with E-state index >= 15 is 0 Å². The van der Waals surface area contributed by atoms with Crippen LogP contribution in [-0.4, -0.2) is 34.9 Å². The lowest BCUT2D eigenvalue weighted by molar-refractivity contribution is -0.119. The van der Waals surface area contributed by atoms with Crippen molar-refractivity contribution in [1.29, 1.82) is 0 Å². The molecular weight excluding hydrogens is 358 g/mol. The smallest absolute Gasteiger partial charge is 0.226 e. The molecule has 0 aliphatic rings. The molecule has 0 aliphatic carbocycles. The number of aryl methyl sites for hydroxylation is 1. The average Bonchev–Trinajstić information content (AvgIpc) is 2.67. The lowest BCUT2D eigenvalue weighted by Crippen LogP contribution is -2.44. The molecule has 5 nitrogen and oxygen atoms in total. The first kappa shape index (κ1) is 20.6. The van der Waals surface area contributed by atoms with Crippen molar-refractivity contribution >= 4 is 29.1 Å². The normalized spacial score (nSPS) is 10.2. The number of nitrogens with two attached hydrogens (primary N) is 1. The Kier molecular flexibility index (Phi) is 8.45. The van der Waals surface area contributed by atoms with E-state index in [1.807, 2.05) is 65.6 Å². The highest BCUT2D eigenvalue weighted by Gasteiger charge is 2.14. The predicted molar refractivity (Wildman–Crippen MR) is 111 cm³/mol. The first-order chi connectivity index (χ1) is 13.0. The predicted octanol–water partition coefficient (Wildman–Crippen LogP) is 2.44. The van der Waals surface area contributed by atoms with Gasteiger partial charge in [-0.2, -0.15) is 0 Å². The van der Waals surface area contributed by atoms with Gasteiger partial charge >= 0.3 is 0 Å². The molecule has 2 aromatic carbocycles. The van der Waals surface area contributed by atoms with Crippen molar-refractivity contribution in [3.8, 4) is 0 Å². The highest BCUT2D eigenvalue weighted by molar-refractivity contribution is 7.80. The van der Waals surface area contributed by atoms with Crippen LogP contribution in [0.25, 0.3) is 0 Å². The first-order valence-electron chi connectivity index (χ1n) is 8.99. The van der Waals surface area contributed by atoms with Gasteiger partial charge < -0.3 is 16.0 Å². The summed E-state index contributed by atoms with van der Waals surface area (Å²) in [6, 6.07) is 19.8. The number of hydrogen-bond donors (Lipinski definition) is 2. The van der Waals surface area contributed by atoms with Gasteiger partial charge in [-0.25, -0.2) is 0 Å². The molecule has 3 N–H and O–H groups in total. The molecule has 0 fully saturated rings. The summed E-state index contributed by atoms with van der Waals surface area (Å²) in [7, 11) is 0. The van der Waals surface area contributed by atoms with Crippen molar-refractivity contribution in [2.24, 2.45) is 5.73 Å². The van der Waals surface area contributed by atoms with Crippen molar-refractivity contribution in [1.82, 2.24) is 10.2 Å². The van der Waals surface area contributed by atoms with Crippen LogP contribution in [0, 0.1) is 0 Å².